The molecule has 10 nitrogen and oxygen atoms in total. The molecule has 11 heteroatoms. The average Bonchev–Trinajstić information content (AvgIpc) is 3.15. The second-order valence-corrected chi connectivity index (χ2v) is 15.9. The number of aliphatic carboxylic acids is 1. The fourth-order valence-electron chi connectivity index (χ4n) is 5.75. The number of carboxylic acid groups (broad SMARTS) is 1. The summed E-state index contributed by atoms with van der Waals surface area (Å²) in [4.78, 5) is 33.5. The number of hydrogen-bond donors (Lipinski definition) is 3. The predicted octanol–water partition coefficient (Wildman–Crippen LogP) is 11.7. The zero-order chi connectivity index (χ0) is 39.8. The van der Waals surface area contributed by atoms with Crippen LogP contribution in [0.25, 0.3) is 0 Å². The first kappa shape index (κ1) is 52.2. The standard InChI is InChI=1S/C43H80NO9P/c1-3-5-7-9-11-13-15-17-19-20-21-22-23-25-27-29-31-33-35-42(45)53-40(38-51-54(48,49)52-39-41(44)43(46)47)37-50-36-34-32-30-28-26-24-18-16-14-12-10-8-6-4-2/h13-16,19-20,40-41H,3-12,17-18,21-39,44H2,1-2H3,(H,46,47)(H,48,49)/b15-13-,16-14-,20-19-. The first-order valence-corrected chi connectivity index (χ1v) is 23.0. The number of carboxylic acids is 1. The maximum absolute atomic E-state index is 12.6. The molecule has 0 rings (SSSR count). The molecule has 0 spiro atoms. The van der Waals surface area contributed by atoms with Crippen LogP contribution in [0.3, 0.4) is 0 Å². The van der Waals surface area contributed by atoms with Crippen molar-refractivity contribution in [2.45, 2.75) is 199 Å². The van der Waals surface area contributed by atoms with Crippen molar-refractivity contribution in [1.29, 1.82) is 0 Å². The molecule has 316 valence electrons. The monoisotopic (exact) mass is 786 g/mol. The first-order valence-electron chi connectivity index (χ1n) is 21.5. The van der Waals surface area contributed by atoms with Gasteiger partial charge in [0.1, 0.15) is 12.1 Å². The maximum atomic E-state index is 12.6. The Bertz CT molecular complexity index is 1000. The Balaban J connectivity index is 4.26. The van der Waals surface area contributed by atoms with E-state index in [9.17, 15) is 19.0 Å². The summed E-state index contributed by atoms with van der Waals surface area (Å²) in [7, 11) is -4.62. The van der Waals surface area contributed by atoms with Crippen molar-refractivity contribution in [3.8, 4) is 0 Å². The molecule has 0 saturated carbocycles. The minimum absolute atomic E-state index is 0.0101. The highest BCUT2D eigenvalue weighted by atomic mass is 31.2. The highest BCUT2D eigenvalue weighted by Crippen LogP contribution is 2.43. The quantitative estimate of drug-likeness (QED) is 0.0236. The van der Waals surface area contributed by atoms with Crippen LogP contribution in [0.5, 0.6) is 0 Å². The number of allylic oxidation sites excluding steroid dienone is 6. The molecule has 0 bridgehead atoms. The van der Waals surface area contributed by atoms with E-state index in [-0.39, 0.29) is 13.0 Å². The Morgan fingerprint density at radius 2 is 1.02 bits per heavy atom. The molecule has 0 aromatic carbocycles. The number of phosphoric ester groups is 1. The van der Waals surface area contributed by atoms with Crippen molar-refractivity contribution in [1.82, 2.24) is 0 Å². The molecular weight excluding hydrogens is 705 g/mol. The number of nitrogens with two attached hydrogens (primary N) is 1. The zero-order valence-electron chi connectivity index (χ0n) is 34.3. The Morgan fingerprint density at radius 3 is 1.52 bits per heavy atom. The lowest BCUT2D eigenvalue weighted by atomic mass is 10.1. The summed E-state index contributed by atoms with van der Waals surface area (Å²) in [5.74, 6) is -1.79. The maximum Gasteiger partial charge on any atom is 0.472 e. The molecule has 0 aromatic heterocycles. The fourth-order valence-corrected chi connectivity index (χ4v) is 6.52. The third kappa shape index (κ3) is 38.5. The largest absolute Gasteiger partial charge is 0.480 e. The molecule has 0 aliphatic heterocycles. The second kappa shape index (κ2) is 39.4. The van der Waals surface area contributed by atoms with Crippen molar-refractivity contribution < 1.29 is 42.7 Å². The number of carbonyl (C=O) groups excluding carboxylic acids is 1. The second-order valence-electron chi connectivity index (χ2n) is 14.5. The lowest BCUT2D eigenvalue weighted by Crippen LogP contribution is -2.34. The average molecular weight is 786 g/mol. The minimum Gasteiger partial charge on any atom is -0.480 e. The van der Waals surface area contributed by atoms with Crippen molar-refractivity contribution >= 4 is 19.8 Å². The summed E-state index contributed by atoms with van der Waals surface area (Å²) < 4.78 is 33.3. The molecule has 4 N–H and O–H groups in total. The molecule has 0 aliphatic carbocycles. The molecule has 0 heterocycles. The van der Waals surface area contributed by atoms with Crippen LogP contribution in [0.4, 0.5) is 0 Å². The topological polar surface area (TPSA) is 155 Å². The normalized spacial score (nSPS) is 14.3. The summed E-state index contributed by atoms with van der Waals surface area (Å²) in [6.45, 7) is 3.83. The van der Waals surface area contributed by atoms with Crippen LogP contribution in [0.1, 0.15) is 187 Å². The smallest absolute Gasteiger partial charge is 0.472 e. The fraction of sp³-hybridized carbons (Fsp3) is 0.814. The lowest BCUT2D eigenvalue weighted by molar-refractivity contribution is -0.154. The summed E-state index contributed by atoms with van der Waals surface area (Å²) in [5, 5.41) is 8.89. The number of hydrogen-bond acceptors (Lipinski definition) is 8. The predicted molar refractivity (Wildman–Crippen MR) is 221 cm³/mol. The van der Waals surface area contributed by atoms with Gasteiger partial charge in [-0.15, -0.1) is 0 Å². The van der Waals surface area contributed by atoms with E-state index < -0.39 is 45.1 Å². The molecule has 0 saturated heterocycles. The van der Waals surface area contributed by atoms with Crippen LogP contribution in [0.2, 0.25) is 0 Å². The van der Waals surface area contributed by atoms with Gasteiger partial charge in [0.2, 0.25) is 0 Å². The van der Waals surface area contributed by atoms with Gasteiger partial charge in [-0.05, 0) is 70.6 Å². The number of rotatable bonds is 41. The van der Waals surface area contributed by atoms with Crippen LogP contribution in [-0.2, 0) is 32.7 Å². The van der Waals surface area contributed by atoms with E-state index in [4.69, 9.17) is 29.4 Å². The van der Waals surface area contributed by atoms with E-state index in [0.717, 1.165) is 57.8 Å². The molecule has 0 amide bonds. The highest BCUT2D eigenvalue weighted by molar-refractivity contribution is 7.47. The summed E-state index contributed by atoms with van der Waals surface area (Å²) >= 11 is 0. The third-order valence-corrected chi connectivity index (χ3v) is 10.1. The summed E-state index contributed by atoms with van der Waals surface area (Å²) in [5.41, 5.74) is 5.35. The third-order valence-electron chi connectivity index (χ3n) is 9.14. The van der Waals surface area contributed by atoms with Gasteiger partial charge in [0, 0.05) is 13.0 Å². The van der Waals surface area contributed by atoms with Gasteiger partial charge in [-0.2, -0.15) is 0 Å². The molecule has 0 fully saturated rings. The van der Waals surface area contributed by atoms with Gasteiger partial charge >= 0.3 is 19.8 Å². The number of ether oxygens (including phenoxy) is 2. The lowest BCUT2D eigenvalue weighted by Gasteiger charge is -2.20. The summed E-state index contributed by atoms with van der Waals surface area (Å²) in [6, 6.07) is -1.47. The van der Waals surface area contributed by atoms with E-state index in [0.29, 0.717) is 13.0 Å². The van der Waals surface area contributed by atoms with Gasteiger partial charge in [0.25, 0.3) is 0 Å². The van der Waals surface area contributed by atoms with Gasteiger partial charge in [-0.3, -0.25) is 18.6 Å². The van der Waals surface area contributed by atoms with Gasteiger partial charge in [0.05, 0.1) is 19.8 Å². The van der Waals surface area contributed by atoms with Gasteiger partial charge in [-0.25, -0.2) is 4.57 Å². The van der Waals surface area contributed by atoms with Gasteiger partial charge in [-0.1, -0.05) is 147 Å². The van der Waals surface area contributed by atoms with E-state index in [2.05, 4.69) is 50.3 Å². The zero-order valence-corrected chi connectivity index (χ0v) is 35.2. The van der Waals surface area contributed by atoms with Crippen LogP contribution in [-0.4, -0.2) is 60.5 Å². The molecule has 3 unspecified atom stereocenters. The molecule has 0 radical (unpaired) electrons. The molecule has 0 aliphatic rings. The van der Waals surface area contributed by atoms with Crippen molar-refractivity contribution in [3.63, 3.8) is 0 Å². The Hall–Kier alpha value is -1.81. The van der Waals surface area contributed by atoms with E-state index >= 15 is 0 Å². The molecule has 0 aromatic rings. The Morgan fingerprint density at radius 1 is 0.593 bits per heavy atom. The van der Waals surface area contributed by atoms with Crippen molar-refractivity contribution in [2.24, 2.45) is 5.73 Å². The SMILES string of the molecule is CCCCCC/C=C\C/C=C\CCCCCCCCCC(=O)OC(COCCCCCCCC/C=C\CCCCCC)COP(=O)(O)OCC(N)C(=O)O. The van der Waals surface area contributed by atoms with Crippen molar-refractivity contribution in [2.75, 3.05) is 26.4 Å². The Labute approximate surface area is 329 Å². The number of unbranched alkanes of at least 4 members (excludes halogenated alkanes) is 21. The van der Waals surface area contributed by atoms with Crippen LogP contribution < -0.4 is 5.73 Å². The highest BCUT2D eigenvalue weighted by Gasteiger charge is 2.27. The van der Waals surface area contributed by atoms with Crippen LogP contribution >= 0.6 is 7.82 Å². The van der Waals surface area contributed by atoms with Crippen molar-refractivity contribution in [3.05, 3.63) is 36.5 Å². The van der Waals surface area contributed by atoms with E-state index in [1.165, 1.54) is 103 Å². The van der Waals surface area contributed by atoms with Crippen LogP contribution in [0, 0.1) is 0 Å². The minimum atomic E-state index is -4.62. The van der Waals surface area contributed by atoms with Gasteiger partial charge in [0.15, 0.2) is 0 Å². The number of carbonyl (C=O) groups is 2. The summed E-state index contributed by atoms with van der Waals surface area (Å²) in [6.07, 6.45) is 43.3. The van der Waals surface area contributed by atoms with Gasteiger partial charge < -0.3 is 25.2 Å². The van der Waals surface area contributed by atoms with Crippen LogP contribution in [0.15, 0.2) is 36.5 Å². The molecule has 54 heavy (non-hydrogen) atoms. The molecular formula is C43H80NO9P. The van der Waals surface area contributed by atoms with E-state index in [1.54, 1.807) is 0 Å². The molecule has 3 atom stereocenters. The Kier molecular flexibility index (Phi) is 38.1. The number of phosphoric acid groups is 1. The first-order chi connectivity index (χ1) is 26.2. The number of esters is 1. The van der Waals surface area contributed by atoms with E-state index in [1.807, 2.05) is 0 Å².